The zero-order valence-corrected chi connectivity index (χ0v) is 6.12. The fourth-order valence-electron chi connectivity index (χ4n) is 0.905. The normalized spacial score (nSPS) is 36.9. The van der Waals surface area contributed by atoms with Crippen LogP contribution in [-0.2, 0) is 0 Å². The number of hydrogen-bond acceptors (Lipinski definition) is 2. The molecule has 1 rings (SSSR count). The van der Waals surface area contributed by atoms with E-state index in [4.69, 9.17) is 5.73 Å². The fourth-order valence-corrected chi connectivity index (χ4v) is 0.905. The van der Waals surface area contributed by atoms with Crippen molar-refractivity contribution in [3.8, 4) is 0 Å². The lowest BCUT2D eigenvalue weighted by Gasteiger charge is -2.03. The van der Waals surface area contributed by atoms with E-state index in [-0.39, 0.29) is 0 Å². The minimum absolute atomic E-state index is 0.531. The van der Waals surface area contributed by atoms with Gasteiger partial charge in [0, 0.05) is 18.1 Å². The van der Waals surface area contributed by atoms with E-state index in [2.05, 4.69) is 11.9 Å². The Morgan fingerprint density at radius 1 is 1.70 bits per heavy atom. The van der Waals surface area contributed by atoms with Gasteiger partial charge in [0.1, 0.15) is 0 Å². The summed E-state index contributed by atoms with van der Waals surface area (Å²) in [4.78, 5) is 3.95. The molecule has 2 nitrogen and oxygen atoms in total. The van der Waals surface area contributed by atoms with Gasteiger partial charge in [-0.2, -0.15) is 0 Å². The van der Waals surface area contributed by atoms with Gasteiger partial charge in [-0.3, -0.25) is 4.99 Å². The van der Waals surface area contributed by atoms with Crippen molar-refractivity contribution in [1.29, 1.82) is 0 Å². The van der Waals surface area contributed by atoms with Crippen LogP contribution in [0.15, 0.2) is 29.0 Å². The maximum atomic E-state index is 5.57. The topological polar surface area (TPSA) is 38.4 Å². The van der Waals surface area contributed by atoms with Crippen LogP contribution in [0.5, 0.6) is 0 Å². The minimum Gasteiger partial charge on any atom is -0.398 e. The smallest absolute Gasteiger partial charge is 0.0494 e. The number of hydrogen-bond donors (Lipinski definition) is 1. The molecule has 2 N–H and O–H groups in total. The summed E-state index contributed by atoms with van der Waals surface area (Å²) in [6.45, 7) is 2.14. The summed E-state index contributed by atoms with van der Waals surface area (Å²) >= 11 is 0. The quantitative estimate of drug-likeness (QED) is 0.538. The van der Waals surface area contributed by atoms with Crippen LogP contribution in [0.4, 0.5) is 0 Å². The van der Waals surface area contributed by atoms with E-state index in [1.54, 1.807) is 12.4 Å². The molecule has 1 atom stereocenters. The standard InChI is InChI=1S/C8H12N2/c1-7-3-2-4-10-6-8(9)5-7/h2,4-7H,3,9H2,1H3/b4-2-,8-5+,10-6-. The van der Waals surface area contributed by atoms with Crippen molar-refractivity contribution in [3.63, 3.8) is 0 Å². The van der Waals surface area contributed by atoms with Gasteiger partial charge in [-0.05, 0) is 12.3 Å². The summed E-state index contributed by atoms with van der Waals surface area (Å²) in [5.74, 6) is 0.531. The zero-order chi connectivity index (χ0) is 7.40. The highest BCUT2D eigenvalue weighted by molar-refractivity contribution is 5.77. The molecule has 0 fully saturated rings. The summed E-state index contributed by atoms with van der Waals surface area (Å²) in [5, 5.41) is 0. The molecule has 0 saturated heterocycles. The minimum atomic E-state index is 0.531. The second-order valence-electron chi connectivity index (χ2n) is 2.54. The van der Waals surface area contributed by atoms with Crippen LogP contribution in [0.25, 0.3) is 0 Å². The second kappa shape index (κ2) is 3.20. The molecule has 2 heteroatoms. The monoisotopic (exact) mass is 136 g/mol. The van der Waals surface area contributed by atoms with Crippen LogP contribution in [-0.4, -0.2) is 6.21 Å². The van der Waals surface area contributed by atoms with E-state index in [9.17, 15) is 0 Å². The molecule has 10 heavy (non-hydrogen) atoms. The average molecular weight is 136 g/mol. The van der Waals surface area contributed by atoms with Crippen molar-refractivity contribution in [2.24, 2.45) is 16.6 Å². The van der Waals surface area contributed by atoms with Gasteiger partial charge >= 0.3 is 0 Å². The molecule has 1 unspecified atom stereocenters. The Kier molecular flexibility index (Phi) is 2.26. The molecule has 1 heterocycles. The van der Waals surface area contributed by atoms with Crippen LogP contribution in [0, 0.1) is 5.92 Å². The van der Waals surface area contributed by atoms with Crippen molar-refractivity contribution in [1.82, 2.24) is 0 Å². The number of allylic oxidation sites excluding steroid dienone is 3. The lowest BCUT2D eigenvalue weighted by molar-refractivity contribution is 0.738. The van der Waals surface area contributed by atoms with Gasteiger partial charge in [0.25, 0.3) is 0 Å². The third-order valence-electron chi connectivity index (χ3n) is 1.40. The van der Waals surface area contributed by atoms with Crippen molar-refractivity contribution >= 4 is 6.21 Å². The van der Waals surface area contributed by atoms with E-state index in [1.807, 2.05) is 12.2 Å². The number of nitrogens with zero attached hydrogens (tertiary/aromatic N) is 1. The van der Waals surface area contributed by atoms with Gasteiger partial charge in [0.2, 0.25) is 0 Å². The van der Waals surface area contributed by atoms with Gasteiger partial charge < -0.3 is 5.73 Å². The molecule has 1 aliphatic rings. The van der Waals surface area contributed by atoms with E-state index >= 15 is 0 Å². The number of nitrogens with two attached hydrogens (primary N) is 1. The largest absolute Gasteiger partial charge is 0.398 e. The Morgan fingerprint density at radius 3 is 3.30 bits per heavy atom. The Labute approximate surface area is 61.1 Å². The zero-order valence-electron chi connectivity index (χ0n) is 6.12. The van der Waals surface area contributed by atoms with Crippen LogP contribution in [0.3, 0.4) is 0 Å². The maximum Gasteiger partial charge on any atom is 0.0494 e. The van der Waals surface area contributed by atoms with Gasteiger partial charge in [-0.15, -0.1) is 0 Å². The average Bonchev–Trinajstić information content (AvgIpc) is 1.83. The van der Waals surface area contributed by atoms with E-state index in [1.165, 1.54) is 0 Å². The Balaban J connectivity index is 2.73. The molecule has 0 saturated carbocycles. The third-order valence-corrected chi connectivity index (χ3v) is 1.40. The molecule has 0 spiro atoms. The molecule has 0 radical (unpaired) electrons. The van der Waals surface area contributed by atoms with E-state index in [0.717, 1.165) is 12.1 Å². The SMILES string of the molecule is CC1\C=C(N)/C=N\C=C/C1. The molecule has 0 amide bonds. The molecule has 0 aromatic carbocycles. The Hall–Kier alpha value is -1.05. The summed E-state index contributed by atoms with van der Waals surface area (Å²) in [6, 6.07) is 0. The highest BCUT2D eigenvalue weighted by Crippen LogP contribution is 2.07. The van der Waals surface area contributed by atoms with Crippen molar-refractivity contribution in [2.45, 2.75) is 13.3 Å². The third kappa shape index (κ3) is 2.05. The molecule has 0 bridgehead atoms. The predicted octanol–water partition coefficient (Wildman–Crippen LogP) is 1.45. The first-order valence-electron chi connectivity index (χ1n) is 3.44. The molecule has 54 valence electrons. The first kappa shape index (κ1) is 7.06. The van der Waals surface area contributed by atoms with Crippen LogP contribution in [0.2, 0.25) is 0 Å². The lowest BCUT2D eigenvalue weighted by Crippen LogP contribution is -2.02. The van der Waals surface area contributed by atoms with E-state index < -0.39 is 0 Å². The summed E-state index contributed by atoms with van der Waals surface area (Å²) in [6.07, 6.45) is 8.55. The first-order valence-corrected chi connectivity index (χ1v) is 3.44. The van der Waals surface area contributed by atoms with Crippen LogP contribution < -0.4 is 5.73 Å². The summed E-state index contributed by atoms with van der Waals surface area (Å²) < 4.78 is 0. The van der Waals surface area contributed by atoms with Gasteiger partial charge in [-0.25, -0.2) is 0 Å². The van der Waals surface area contributed by atoms with Gasteiger partial charge in [0.05, 0.1) is 0 Å². The predicted molar refractivity (Wildman–Crippen MR) is 43.7 cm³/mol. The molecule has 1 aliphatic heterocycles. The fraction of sp³-hybridized carbons (Fsp3) is 0.375. The van der Waals surface area contributed by atoms with Gasteiger partial charge in [-0.1, -0.05) is 19.1 Å². The van der Waals surface area contributed by atoms with Crippen molar-refractivity contribution in [3.05, 3.63) is 24.0 Å². The van der Waals surface area contributed by atoms with Crippen LogP contribution in [0.1, 0.15) is 13.3 Å². The highest BCUT2D eigenvalue weighted by Gasteiger charge is 1.96. The Bertz CT molecular complexity index is 189. The molecule has 0 aliphatic carbocycles. The van der Waals surface area contributed by atoms with Crippen molar-refractivity contribution in [2.75, 3.05) is 0 Å². The van der Waals surface area contributed by atoms with E-state index in [0.29, 0.717) is 5.92 Å². The highest BCUT2D eigenvalue weighted by atomic mass is 14.7. The van der Waals surface area contributed by atoms with Crippen molar-refractivity contribution < 1.29 is 0 Å². The second-order valence-corrected chi connectivity index (χ2v) is 2.54. The maximum absolute atomic E-state index is 5.57. The molecular formula is C8H12N2. The summed E-state index contributed by atoms with van der Waals surface area (Å²) in [7, 11) is 0. The first-order chi connectivity index (χ1) is 4.79. The summed E-state index contributed by atoms with van der Waals surface area (Å²) in [5.41, 5.74) is 6.33. The Morgan fingerprint density at radius 2 is 2.50 bits per heavy atom. The number of rotatable bonds is 0. The van der Waals surface area contributed by atoms with Gasteiger partial charge in [0.15, 0.2) is 0 Å². The molecule has 0 aromatic heterocycles. The number of aliphatic imine (C=N–C) groups is 1. The van der Waals surface area contributed by atoms with Crippen LogP contribution >= 0.6 is 0 Å². The molecular weight excluding hydrogens is 124 g/mol. The lowest BCUT2D eigenvalue weighted by atomic mass is 10.1. The molecule has 0 aromatic rings.